The van der Waals surface area contributed by atoms with E-state index in [2.05, 4.69) is 11.1 Å². The van der Waals surface area contributed by atoms with E-state index in [0.717, 1.165) is 22.0 Å². The van der Waals surface area contributed by atoms with Gasteiger partial charge >= 0.3 is 0 Å². The van der Waals surface area contributed by atoms with E-state index < -0.39 is 0 Å². The number of halogens is 1. The van der Waals surface area contributed by atoms with Gasteiger partial charge in [-0.2, -0.15) is 5.26 Å². The lowest BCUT2D eigenvalue weighted by molar-refractivity contribution is 1.46. The lowest BCUT2D eigenvalue weighted by atomic mass is 10.0. The molecule has 3 heteroatoms. The highest BCUT2D eigenvalue weighted by Gasteiger charge is 2.07. The second-order valence-electron chi connectivity index (χ2n) is 4.08. The van der Waals surface area contributed by atoms with Crippen molar-refractivity contribution in [2.24, 2.45) is 0 Å². The Hall–Kier alpha value is -2.24. The smallest absolute Gasteiger partial charge is 0.0991 e. The molecule has 0 saturated carbocycles. The predicted octanol–water partition coefficient (Wildman–Crippen LogP) is 4.36. The van der Waals surface area contributed by atoms with E-state index in [1.807, 2.05) is 42.6 Å². The second kappa shape index (κ2) is 4.21. The normalized spacial score (nSPS) is 10.4. The molecule has 0 aliphatic carbocycles. The minimum Gasteiger partial charge on any atom is -0.361 e. The standard InChI is InChI=1S/C15H9ClN2/c16-12-4-5-15-13(7-12)14(9-18-15)11-3-1-2-10(6-11)8-17/h1-7,9,18H. The Morgan fingerprint density at radius 1 is 1.11 bits per heavy atom. The Balaban J connectivity index is 2.25. The molecular weight excluding hydrogens is 244 g/mol. The number of aromatic nitrogens is 1. The molecule has 0 aliphatic rings. The molecule has 1 N–H and O–H groups in total. The van der Waals surface area contributed by atoms with E-state index in [0.29, 0.717) is 10.6 Å². The number of fused-ring (bicyclic) bond motifs is 1. The minimum absolute atomic E-state index is 0.656. The van der Waals surface area contributed by atoms with Crippen LogP contribution in [-0.2, 0) is 0 Å². The topological polar surface area (TPSA) is 39.6 Å². The Morgan fingerprint density at radius 2 is 2.00 bits per heavy atom. The van der Waals surface area contributed by atoms with Gasteiger partial charge in [0.1, 0.15) is 0 Å². The summed E-state index contributed by atoms with van der Waals surface area (Å²) >= 11 is 6.03. The summed E-state index contributed by atoms with van der Waals surface area (Å²) in [5.41, 5.74) is 3.77. The third-order valence-corrected chi connectivity index (χ3v) is 3.18. The molecule has 1 aromatic heterocycles. The number of aromatic amines is 1. The second-order valence-corrected chi connectivity index (χ2v) is 4.52. The van der Waals surface area contributed by atoms with Gasteiger partial charge in [-0.3, -0.25) is 0 Å². The third kappa shape index (κ3) is 1.75. The maximum absolute atomic E-state index is 8.94. The highest BCUT2D eigenvalue weighted by atomic mass is 35.5. The molecule has 0 unspecified atom stereocenters. The quantitative estimate of drug-likeness (QED) is 0.687. The van der Waals surface area contributed by atoms with Crippen molar-refractivity contribution < 1.29 is 0 Å². The fourth-order valence-corrected chi connectivity index (χ4v) is 2.26. The van der Waals surface area contributed by atoms with Crippen molar-refractivity contribution in [1.82, 2.24) is 4.98 Å². The predicted molar refractivity (Wildman–Crippen MR) is 73.5 cm³/mol. The molecule has 0 aliphatic heterocycles. The summed E-state index contributed by atoms with van der Waals surface area (Å²) in [5, 5.41) is 10.7. The number of H-pyrrole nitrogens is 1. The van der Waals surface area contributed by atoms with Gasteiger partial charge in [-0.05, 0) is 35.9 Å². The first-order valence-corrected chi connectivity index (χ1v) is 5.93. The maximum atomic E-state index is 8.94. The van der Waals surface area contributed by atoms with Crippen molar-refractivity contribution in [1.29, 1.82) is 5.26 Å². The number of benzene rings is 2. The van der Waals surface area contributed by atoms with Gasteiger partial charge < -0.3 is 4.98 Å². The Bertz CT molecular complexity index is 766. The number of hydrogen-bond donors (Lipinski definition) is 1. The van der Waals surface area contributed by atoms with Crippen LogP contribution in [0.25, 0.3) is 22.0 Å². The maximum Gasteiger partial charge on any atom is 0.0991 e. The van der Waals surface area contributed by atoms with Crippen LogP contribution in [0.15, 0.2) is 48.7 Å². The van der Waals surface area contributed by atoms with Crippen LogP contribution in [0.3, 0.4) is 0 Å². The van der Waals surface area contributed by atoms with Gasteiger partial charge in [0.2, 0.25) is 0 Å². The molecule has 0 amide bonds. The summed E-state index contributed by atoms with van der Waals surface area (Å²) in [7, 11) is 0. The summed E-state index contributed by atoms with van der Waals surface area (Å²) < 4.78 is 0. The summed E-state index contributed by atoms with van der Waals surface area (Å²) in [6, 6.07) is 15.4. The van der Waals surface area contributed by atoms with Crippen LogP contribution in [0, 0.1) is 11.3 Å². The van der Waals surface area contributed by atoms with Gasteiger partial charge in [0.25, 0.3) is 0 Å². The number of nitrogens with one attached hydrogen (secondary N) is 1. The van der Waals surface area contributed by atoms with E-state index in [-0.39, 0.29) is 0 Å². The van der Waals surface area contributed by atoms with Gasteiger partial charge in [0, 0.05) is 27.7 Å². The first-order valence-electron chi connectivity index (χ1n) is 5.55. The highest BCUT2D eigenvalue weighted by molar-refractivity contribution is 6.31. The van der Waals surface area contributed by atoms with Crippen LogP contribution in [0.4, 0.5) is 0 Å². The Kier molecular flexibility index (Phi) is 2.55. The molecule has 2 aromatic carbocycles. The fraction of sp³-hybridized carbons (Fsp3) is 0. The third-order valence-electron chi connectivity index (χ3n) is 2.95. The van der Waals surface area contributed by atoms with Crippen molar-refractivity contribution in [3.8, 4) is 17.2 Å². The Morgan fingerprint density at radius 3 is 2.83 bits per heavy atom. The number of nitriles is 1. The minimum atomic E-state index is 0.656. The number of hydrogen-bond acceptors (Lipinski definition) is 1. The summed E-state index contributed by atoms with van der Waals surface area (Å²) in [5.74, 6) is 0. The molecule has 0 atom stereocenters. The van der Waals surface area contributed by atoms with Crippen molar-refractivity contribution >= 4 is 22.5 Å². The van der Waals surface area contributed by atoms with Gasteiger partial charge in [-0.25, -0.2) is 0 Å². The van der Waals surface area contributed by atoms with Gasteiger partial charge in [-0.1, -0.05) is 23.7 Å². The number of nitrogens with zero attached hydrogens (tertiary/aromatic N) is 1. The highest BCUT2D eigenvalue weighted by Crippen LogP contribution is 2.30. The first-order chi connectivity index (χ1) is 8.78. The average molecular weight is 253 g/mol. The zero-order chi connectivity index (χ0) is 12.5. The molecule has 0 fully saturated rings. The van der Waals surface area contributed by atoms with Crippen LogP contribution in [0.5, 0.6) is 0 Å². The van der Waals surface area contributed by atoms with Crippen LogP contribution in [-0.4, -0.2) is 4.98 Å². The van der Waals surface area contributed by atoms with Crippen LogP contribution in [0.2, 0.25) is 5.02 Å². The van der Waals surface area contributed by atoms with E-state index in [1.54, 1.807) is 6.07 Å². The lowest BCUT2D eigenvalue weighted by Gasteiger charge is -2.00. The molecule has 0 bridgehead atoms. The van der Waals surface area contributed by atoms with E-state index in [4.69, 9.17) is 16.9 Å². The van der Waals surface area contributed by atoms with Crippen molar-refractivity contribution in [2.45, 2.75) is 0 Å². The molecule has 3 aromatic rings. The average Bonchev–Trinajstić information content (AvgIpc) is 2.81. The molecule has 86 valence electrons. The van der Waals surface area contributed by atoms with Crippen LogP contribution in [0.1, 0.15) is 5.56 Å². The zero-order valence-corrected chi connectivity index (χ0v) is 10.2. The Labute approximate surface area is 109 Å². The molecule has 0 radical (unpaired) electrons. The van der Waals surface area contributed by atoms with E-state index >= 15 is 0 Å². The largest absolute Gasteiger partial charge is 0.361 e. The van der Waals surface area contributed by atoms with Gasteiger partial charge in [0.15, 0.2) is 0 Å². The van der Waals surface area contributed by atoms with Crippen LogP contribution < -0.4 is 0 Å². The first kappa shape index (κ1) is 10.9. The SMILES string of the molecule is N#Cc1cccc(-c2c[nH]c3ccc(Cl)cc23)c1. The number of rotatable bonds is 1. The molecule has 1 heterocycles. The van der Waals surface area contributed by atoms with Crippen molar-refractivity contribution in [3.05, 3.63) is 59.2 Å². The molecule has 2 nitrogen and oxygen atoms in total. The summed E-state index contributed by atoms with van der Waals surface area (Å²) in [6.45, 7) is 0. The van der Waals surface area contributed by atoms with Crippen molar-refractivity contribution in [2.75, 3.05) is 0 Å². The van der Waals surface area contributed by atoms with Gasteiger partial charge in [-0.15, -0.1) is 0 Å². The lowest BCUT2D eigenvalue weighted by Crippen LogP contribution is -1.78. The molecule has 0 saturated heterocycles. The van der Waals surface area contributed by atoms with E-state index in [1.165, 1.54) is 0 Å². The fourth-order valence-electron chi connectivity index (χ4n) is 2.09. The van der Waals surface area contributed by atoms with E-state index in [9.17, 15) is 0 Å². The monoisotopic (exact) mass is 252 g/mol. The zero-order valence-electron chi connectivity index (χ0n) is 9.44. The van der Waals surface area contributed by atoms with Crippen LogP contribution >= 0.6 is 11.6 Å². The van der Waals surface area contributed by atoms with Crippen molar-refractivity contribution in [3.63, 3.8) is 0 Å². The van der Waals surface area contributed by atoms with Gasteiger partial charge in [0.05, 0.1) is 11.6 Å². The molecular formula is C15H9ClN2. The molecule has 18 heavy (non-hydrogen) atoms. The molecule has 0 spiro atoms. The molecule has 3 rings (SSSR count). The summed E-state index contributed by atoms with van der Waals surface area (Å²) in [6.07, 6.45) is 1.94. The summed E-state index contributed by atoms with van der Waals surface area (Å²) in [4.78, 5) is 3.21.